The number of likely N-dealkylation sites (N-methyl/N-ethyl adjacent to an activating group) is 1. The second-order valence-corrected chi connectivity index (χ2v) is 9.19. The number of aromatic nitrogens is 1. The van der Waals surface area contributed by atoms with E-state index in [1.807, 2.05) is 26.8 Å². The highest BCUT2D eigenvalue weighted by atomic mass is 16.6. The number of carbonyl (C=O) groups is 4. The van der Waals surface area contributed by atoms with Gasteiger partial charge in [-0.3, -0.25) is 14.5 Å². The lowest BCUT2D eigenvalue weighted by Gasteiger charge is -2.36. The molecule has 1 aromatic rings. The van der Waals surface area contributed by atoms with Crippen LogP contribution in [-0.2, 0) is 14.3 Å². The Morgan fingerprint density at radius 1 is 1.12 bits per heavy atom. The van der Waals surface area contributed by atoms with Crippen molar-refractivity contribution in [2.24, 2.45) is 0 Å². The number of carbonyl (C=O) groups excluding carboxylic acids is 4. The summed E-state index contributed by atoms with van der Waals surface area (Å²) in [5, 5.41) is 2.74. The normalized spacial score (nSPS) is 17.0. The van der Waals surface area contributed by atoms with Crippen LogP contribution < -0.4 is 10.2 Å². The van der Waals surface area contributed by atoms with Crippen molar-refractivity contribution < 1.29 is 23.9 Å². The molecule has 0 bridgehead atoms. The predicted octanol–water partition coefficient (Wildman–Crippen LogP) is 1.75. The number of ether oxygens (including phenoxy) is 1. The minimum atomic E-state index is -0.516. The van der Waals surface area contributed by atoms with Crippen LogP contribution in [0.4, 0.5) is 21.1 Å². The van der Waals surface area contributed by atoms with E-state index in [4.69, 9.17) is 4.74 Å². The maximum atomic E-state index is 12.2. The molecule has 0 spiro atoms. The van der Waals surface area contributed by atoms with E-state index in [2.05, 4.69) is 15.2 Å². The third-order valence-corrected chi connectivity index (χ3v) is 5.33. The number of piperazine rings is 1. The third kappa shape index (κ3) is 6.56. The monoisotopic (exact) mass is 460 g/mol. The number of hydrogen-bond donors (Lipinski definition) is 1. The molecule has 2 aliphatic heterocycles. The van der Waals surface area contributed by atoms with Crippen molar-refractivity contribution in [3.05, 3.63) is 18.3 Å². The first-order valence-corrected chi connectivity index (χ1v) is 11.1. The molecule has 5 amide bonds. The lowest BCUT2D eigenvalue weighted by atomic mass is 10.2. The van der Waals surface area contributed by atoms with Crippen LogP contribution in [0.15, 0.2) is 18.3 Å². The first-order chi connectivity index (χ1) is 15.5. The van der Waals surface area contributed by atoms with Gasteiger partial charge >= 0.3 is 12.1 Å². The SMILES string of the molecule is CN1CC(=O)N(CCCC(=O)Nc2ccc(N3CCN(C(=O)OC(C)(C)C)CC3)cn2)C1=O. The molecule has 180 valence electrons. The molecule has 3 rings (SSSR count). The summed E-state index contributed by atoms with van der Waals surface area (Å²) in [6.45, 7) is 8.29. The molecule has 0 unspecified atom stereocenters. The molecular formula is C22H32N6O5. The van der Waals surface area contributed by atoms with Gasteiger partial charge in [-0.15, -0.1) is 0 Å². The average Bonchev–Trinajstić information content (AvgIpc) is 2.99. The summed E-state index contributed by atoms with van der Waals surface area (Å²) in [6, 6.07) is 3.28. The van der Waals surface area contributed by atoms with E-state index in [0.717, 1.165) is 5.69 Å². The van der Waals surface area contributed by atoms with Crippen LogP contribution in [0.2, 0.25) is 0 Å². The topological polar surface area (TPSA) is 115 Å². The largest absolute Gasteiger partial charge is 0.444 e. The van der Waals surface area contributed by atoms with Gasteiger partial charge in [-0.2, -0.15) is 0 Å². The number of urea groups is 1. The van der Waals surface area contributed by atoms with Crippen molar-refractivity contribution in [1.82, 2.24) is 19.7 Å². The Labute approximate surface area is 193 Å². The van der Waals surface area contributed by atoms with Gasteiger partial charge in [-0.1, -0.05) is 0 Å². The summed E-state index contributed by atoms with van der Waals surface area (Å²) >= 11 is 0. The molecule has 3 heterocycles. The van der Waals surface area contributed by atoms with Crippen molar-refractivity contribution in [2.75, 3.05) is 56.5 Å². The molecule has 0 saturated carbocycles. The minimum Gasteiger partial charge on any atom is -0.444 e. The first kappa shape index (κ1) is 24.3. The number of rotatable bonds is 6. The molecule has 11 nitrogen and oxygen atoms in total. The predicted molar refractivity (Wildman–Crippen MR) is 122 cm³/mol. The van der Waals surface area contributed by atoms with Crippen LogP contribution in [-0.4, -0.2) is 95.5 Å². The van der Waals surface area contributed by atoms with Crippen LogP contribution >= 0.6 is 0 Å². The zero-order valence-electron chi connectivity index (χ0n) is 19.7. The molecule has 2 saturated heterocycles. The summed E-state index contributed by atoms with van der Waals surface area (Å²) < 4.78 is 5.42. The number of imide groups is 1. The van der Waals surface area contributed by atoms with Crippen LogP contribution in [0.1, 0.15) is 33.6 Å². The van der Waals surface area contributed by atoms with Gasteiger partial charge in [0.05, 0.1) is 11.9 Å². The molecule has 2 fully saturated rings. The summed E-state index contributed by atoms with van der Waals surface area (Å²) in [4.78, 5) is 58.6. The maximum absolute atomic E-state index is 12.2. The molecule has 0 aromatic carbocycles. The van der Waals surface area contributed by atoms with Gasteiger partial charge in [0.25, 0.3) is 0 Å². The van der Waals surface area contributed by atoms with Gasteiger partial charge in [0.2, 0.25) is 11.8 Å². The molecule has 0 atom stereocenters. The summed E-state index contributed by atoms with van der Waals surface area (Å²) in [5.41, 5.74) is 0.394. The van der Waals surface area contributed by atoms with E-state index >= 15 is 0 Å². The third-order valence-electron chi connectivity index (χ3n) is 5.33. The first-order valence-electron chi connectivity index (χ1n) is 11.1. The fraction of sp³-hybridized carbons (Fsp3) is 0.591. The van der Waals surface area contributed by atoms with Crippen LogP contribution in [0.5, 0.6) is 0 Å². The van der Waals surface area contributed by atoms with Crippen LogP contribution in [0.3, 0.4) is 0 Å². The highest BCUT2D eigenvalue weighted by Crippen LogP contribution is 2.19. The Bertz CT molecular complexity index is 890. The fourth-order valence-corrected chi connectivity index (χ4v) is 3.61. The van der Waals surface area contributed by atoms with E-state index in [9.17, 15) is 19.2 Å². The Hall–Kier alpha value is -3.37. The van der Waals surface area contributed by atoms with E-state index in [1.54, 1.807) is 24.2 Å². The highest BCUT2D eigenvalue weighted by molar-refractivity contribution is 6.01. The van der Waals surface area contributed by atoms with Crippen molar-refractivity contribution >= 4 is 35.4 Å². The molecule has 2 aliphatic rings. The molecule has 33 heavy (non-hydrogen) atoms. The Morgan fingerprint density at radius 2 is 1.82 bits per heavy atom. The lowest BCUT2D eigenvalue weighted by molar-refractivity contribution is -0.125. The summed E-state index contributed by atoms with van der Waals surface area (Å²) in [5.74, 6) is -0.0371. The van der Waals surface area contributed by atoms with Crippen molar-refractivity contribution in [3.63, 3.8) is 0 Å². The molecule has 1 N–H and O–H groups in total. The van der Waals surface area contributed by atoms with E-state index in [0.29, 0.717) is 38.4 Å². The van der Waals surface area contributed by atoms with E-state index in [1.165, 1.54) is 9.80 Å². The molecular weight excluding hydrogens is 428 g/mol. The molecule has 0 aliphatic carbocycles. The second-order valence-electron chi connectivity index (χ2n) is 9.19. The maximum Gasteiger partial charge on any atom is 0.410 e. The molecule has 0 radical (unpaired) electrons. The standard InChI is InChI=1S/C22H32N6O5/c1-22(2,3)33-21(32)27-12-10-26(11-13-27)16-7-8-17(23-14-16)24-18(29)6-5-9-28-19(30)15-25(4)20(28)31/h7-8,14H,5-6,9-13,15H2,1-4H3,(H,23,24,29). The number of anilines is 2. The smallest absolute Gasteiger partial charge is 0.410 e. The van der Waals surface area contributed by atoms with Crippen LogP contribution in [0.25, 0.3) is 0 Å². The van der Waals surface area contributed by atoms with E-state index in [-0.39, 0.29) is 43.4 Å². The van der Waals surface area contributed by atoms with Gasteiger partial charge in [-0.05, 0) is 39.3 Å². The lowest BCUT2D eigenvalue weighted by Crippen LogP contribution is -2.50. The summed E-state index contributed by atoms with van der Waals surface area (Å²) in [7, 11) is 1.57. The van der Waals surface area contributed by atoms with Crippen molar-refractivity contribution in [1.29, 1.82) is 0 Å². The molecule has 1 aromatic heterocycles. The van der Waals surface area contributed by atoms with Crippen molar-refractivity contribution in [3.8, 4) is 0 Å². The van der Waals surface area contributed by atoms with Crippen molar-refractivity contribution in [2.45, 2.75) is 39.2 Å². The summed E-state index contributed by atoms with van der Waals surface area (Å²) in [6.07, 6.45) is 1.95. The van der Waals surface area contributed by atoms with Gasteiger partial charge in [0.1, 0.15) is 18.0 Å². The minimum absolute atomic E-state index is 0.0807. The Morgan fingerprint density at radius 3 is 2.36 bits per heavy atom. The number of pyridine rings is 1. The Kier molecular flexibility index (Phi) is 7.39. The number of nitrogens with one attached hydrogen (secondary N) is 1. The van der Waals surface area contributed by atoms with Crippen LogP contribution in [0, 0.1) is 0 Å². The number of amides is 5. The zero-order chi connectivity index (χ0) is 24.2. The quantitative estimate of drug-likeness (QED) is 0.643. The Balaban J connectivity index is 1.41. The average molecular weight is 461 g/mol. The number of hydrogen-bond acceptors (Lipinski definition) is 7. The number of nitrogens with zero attached hydrogens (tertiary/aromatic N) is 5. The molecule has 11 heteroatoms. The highest BCUT2D eigenvalue weighted by Gasteiger charge is 2.33. The zero-order valence-corrected chi connectivity index (χ0v) is 19.7. The second kappa shape index (κ2) is 10.1. The van der Waals surface area contributed by atoms with Gasteiger partial charge in [0, 0.05) is 46.2 Å². The van der Waals surface area contributed by atoms with Gasteiger partial charge < -0.3 is 24.8 Å². The van der Waals surface area contributed by atoms with Gasteiger partial charge in [-0.25, -0.2) is 14.6 Å². The van der Waals surface area contributed by atoms with Gasteiger partial charge in [0.15, 0.2) is 0 Å². The fourth-order valence-electron chi connectivity index (χ4n) is 3.61. The van der Waals surface area contributed by atoms with E-state index < -0.39 is 5.60 Å².